The third kappa shape index (κ3) is 8.60. The van der Waals surface area contributed by atoms with Gasteiger partial charge in [0.1, 0.15) is 5.58 Å². The van der Waals surface area contributed by atoms with Gasteiger partial charge in [0.25, 0.3) is 0 Å². The van der Waals surface area contributed by atoms with E-state index in [1.807, 2.05) is 42.6 Å². The summed E-state index contributed by atoms with van der Waals surface area (Å²) < 4.78 is 8.52. The zero-order valence-electron chi connectivity index (χ0n) is 33.6. The number of benzene rings is 4. The summed E-state index contributed by atoms with van der Waals surface area (Å²) in [5, 5.41) is 3.51. The van der Waals surface area contributed by atoms with E-state index in [9.17, 15) is 0 Å². The van der Waals surface area contributed by atoms with Crippen molar-refractivity contribution in [2.75, 3.05) is 0 Å². The van der Waals surface area contributed by atoms with Gasteiger partial charge in [0, 0.05) is 37.4 Å². The Labute approximate surface area is 340 Å². The van der Waals surface area contributed by atoms with Crippen LogP contribution >= 0.6 is 0 Å². The number of fused-ring (bicyclic) bond motifs is 4. The van der Waals surface area contributed by atoms with Gasteiger partial charge in [-0.25, -0.2) is 0 Å². The van der Waals surface area contributed by atoms with Crippen molar-refractivity contribution >= 4 is 46.2 Å². The first-order valence-corrected chi connectivity index (χ1v) is 22.3. The van der Waals surface area contributed by atoms with Crippen molar-refractivity contribution in [3.63, 3.8) is 0 Å². The molecule has 0 unspecified atom stereocenters. The van der Waals surface area contributed by atoms with Gasteiger partial charge in [-0.15, -0.1) is 35.9 Å². The Morgan fingerprint density at radius 2 is 1.53 bits per heavy atom. The van der Waals surface area contributed by atoms with Crippen LogP contribution in [0, 0.1) is 24.6 Å². The van der Waals surface area contributed by atoms with Crippen LogP contribution in [0.4, 0.5) is 0 Å². The van der Waals surface area contributed by atoms with Gasteiger partial charge in [0.15, 0.2) is 0 Å². The monoisotopic (exact) mass is 919 g/mol. The molecule has 0 aliphatic heterocycles. The smallest absolute Gasteiger partial charge is 0.121 e. The van der Waals surface area contributed by atoms with Gasteiger partial charge in [0.2, 0.25) is 0 Å². The Bertz CT molecular complexity index is 2590. The van der Waals surface area contributed by atoms with Crippen LogP contribution in [0.5, 0.6) is 0 Å². The SMILES string of the molecule is CC(C)(C)Cc1cc(-c2[c-]cccc2)ncc1[Si](C)(C)C.Cc1ccc2c(c1)oc1c(-c3nc4ccccc4n3-c3ccc(C(C)(C)C)cc3)[c-]ncc12.[Ir]. The fourth-order valence-corrected chi connectivity index (χ4v) is 8.63. The molecule has 4 heterocycles. The summed E-state index contributed by atoms with van der Waals surface area (Å²) in [7, 11) is -1.37. The Balaban J connectivity index is 0.000000204. The molecule has 0 saturated heterocycles. The van der Waals surface area contributed by atoms with E-state index < -0.39 is 8.07 Å². The van der Waals surface area contributed by atoms with Crippen molar-refractivity contribution in [1.82, 2.24) is 19.5 Å². The summed E-state index contributed by atoms with van der Waals surface area (Å²) in [6.45, 7) is 22.8. The van der Waals surface area contributed by atoms with E-state index in [1.54, 1.807) is 0 Å². The maximum Gasteiger partial charge on any atom is 0.121 e. The van der Waals surface area contributed by atoms with Gasteiger partial charge in [-0.1, -0.05) is 109 Å². The molecule has 0 atom stereocenters. The number of aromatic nitrogens is 4. The molecule has 55 heavy (non-hydrogen) atoms. The average Bonchev–Trinajstić information content (AvgIpc) is 3.69. The minimum Gasteiger partial charge on any atom is -0.500 e. The van der Waals surface area contributed by atoms with Crippen LogP contribution < -0.4 is 5.19 Å². The predicted molar refractivity (Wildman–Crippen MR) is 228 cm³/mol. The van der Waals surface area contributed by atoms with Gasteiger partial charge in [0.05, 0.1) is 30.5 Å². The number of rotatable bonds is 5. The molecular formula is C48H50IrN4OSi-2. The summed E-state index contributed by atoms with van der Waals surface area (Å²) >= 11 is 0. The topological polar surface area (TPSA) is 56.7 Å². The normalized spacial score (nSPS) is 12.1. The number of hydrogen-bond donors (Lipinski definition) is 0. The molecule has 1 radical (unpaired) electrons. The van der Waals surface area contributed by atoms with Crippen LogP contribution in [0.15, 0.2) is 114 Å². The maximum absolute atomic E-state index is 6.34. The molecule has 5 nitrogen and oxygen atoms in total. The van der Waals surface area contributed by atoms with Gasteiger partial charge >= 0.3 is 0 Å². The molecule has 4 aromatic carbocycles. The number of nitrogens with zero attached hydrogens (tertiary/aromatic N) is 4. The van der Waals surface area contributed by atoms with Crippen molar-refractivity contribution in [2.45, 2.75) is 79.9 Å². The second-order valence-electron chi connectivity index (χ2n) is 17.6. The number of para-hydroxylation sites is 2. The molecule has 0 amide bonds. The maximum atomic E-state index is 6.34. The van der Waals surface area contributed by atoms with Crippen LogP contribution in [0.3, 0.4) is 0 Å². The van der Waals surface area contributed by atoms with E-state index in [1.165, 1.54) is 16.3 Å². The molecule has 0 aliphatic rings. The number of pyridine rings is 2. The number of imidazole rings is 1. The summed E-state index contributed by atoms with van der Waals surface area (Å²) in [5.74, 6) is 0.772. The van der Waals surface area contributed by atoms with Crippen molar-refractivity contribution < 1.29 is 24.5 Å². The average molecular weight is 919 g/mol. The molecule has 0 saturated carbocycles. The molecule has 8 rings (SSSR count). The van der Waals surface area contributed by atoms with E-state index in [0.29, 0.717) is 0 Å². The van der Waals surface area contributed by atoms with Crippen molar-refractivity contribution in [3.8, 4) is 28.3 Å². The van der Waals surface area contributed by atoms with E-state index in [0.717, 1.165) is 73.3 Å². The second-order valence-corrected chi connectivity index (χ2v) is 22.7. The molecule has 283 valence electrons. The molecule has 7 heteroatoms. The van der Waals surface area contributed by atoms with Crippen LogP contribution in [-0.4, -0.2) is 27.6 Å². The van der Waals surface area contributed by atoms with Crippen LogP contribution in [0.2, 0.25) is 19.6 Å². The van der Waals surface area contributed by atoms with Gasteiger partial charge < -0.3 is 19.0 Å². The minimum absolute atomic E-state index is 0. The van der Waals surface area contributed by atoms with Gasteiger partial charge in [-0.05, 0) is 99.9 Å². The molecule has 0 bridgehead atoms. The second kappa shape index (κ2) is 15.5. The zero-order chi connectivity index (χ0) is 38.4. The summed E-state index contributed by atoms with van der Waals surface area (Å²) in [5.41, 5.74) is 11.8. The molecule has 0 N–H and O–H groups in total. The molecule has 0 spiro atoms. The largest absolute Gasteiger partial charge is 0.500 e. The Morgan fingerprint density at radius 1 is 0.800 bits per heavy atom. The summed E-state index contributed by atoms with van der Waals surface area (Å²) in [4.78, 5) is 14.2. The van der Waals surface area contributed by atoms with E-state index in [4.69, 9.17) is 14.4 Å². The third-order valence-corrected chi connectivity index (χ3v) is 11.8. The van der Waals surface area contributed by atoms with Crippen molar-refractivity contribution in [1.29, 1.82) is 0 Å². The number of aryl methyl sites for hydroxylation is 1. The molecule has 4 aromatic heterocycles. The number of hydrogen-bond acceptors (Lipinski definition) is 4. The summed E-state index contributed by atoms with van der Waals surface area (Å²) in [6.07, 6.45) is 8.21. The quantitative estimate of drug-likeness (QED) is 0.127. The standard InChI is InChI=1S/C29H24N3O.C19H26NSi.Ir/c1-18-9-14-21-22-16-30-17-23(27(22)33-26(21)15-18)28-31-24-7-5-6-8-25(24)32(28)20-12-10-19(11-13-20)29(2,3)4;1-19(2,3)13-16-12-17(15-10-8-7-9-11-15)20-14-18(16)21(4,5)6;/h5-16H,1-4H3;7-10,12,14H,13H2,1-6H3;/q2*-1;. The van der Waals surface area contributed by atoms with Crippen LogP contribution in [0.1, 0.15) is 58.2 Å². The first-order valence-electron chi connectivity index (χ1n) is 18.8. The first-order chi connectivity index (χ1) is 25.6. The Hall–Kier alpha value is -4.68. The fraction of sp³-hybridized carbons (Fsp3) is 0.271. The Morgan fingerprint density at radius 3 is 2.20 bits per heavy atom. The molecule has 8 aromatic rings. The third-order valence-electron chi connectivity index (χ3n) is 9.76. The van der Waals surface area contributed by atoms with Crippen LogP contribution in [0.25, 0.3) is 61.3 Å². The van der Waals surface area contributed by atoms with Gasteiger partial charge in [-0.2, -0.15) is 0 Å². The molecule has 0 aliphatic carbocycles. The first kappa shape index (κ1) is 40.0. The van der Waals surface area contributed by atoms with Gasteiger partial charge in [-0.3, -0.25) is 4.98 Å². The van der Waals surface area contributed by atoms with E-state index in [-0.39, 0.29) is 30.9 Å². The van der Waals surface area contributed by atoms with Crippen molar-refractivity contribution in [2.24, 2.45) is 5.41 Å². The van der Waals surface area contributed by atoms with Crippen LogP contribution in [-0.2, 0) is 31.9 Å². The molecular weight excluding hydrogens is 869 g/mol. The molecule has 0 fully saturated rings. The Kier molecular flexibility index (Phi) is 11.2. The van der Waals surface area contributed by atoms with E-state index >= 15 is 0 Å². The minimum atomic E-state index is -1.37. The zero-order valence-corrected chi connectivity index (χ0v) is 37.0. The van der Waals surface area contributed by atoms with Crippen molar-refractivity contribution in [3.05, 3.63) is 138 Å². The fourth-order valence-electron chi connectivity index (χ4n) is 7.06. The number of furan rings is 1. The predicted octanol–water partition coefficient (Wildman–Crippen LogP) is 12.1. The summed E-state index contributed by atoms with van der Waals surface area (Å²) in [6, 6.07) is 36.8. The van der Waals surface area contributed by atoms with E-state index in [2.05, 4.69) is 157 Å².